The maximum Gasteiger partial charge on any atom is 0.307 e. The number of hydrogen-bond donors (Lipinski definition) is 0. The Morgan fingerprint density at radius 2 is 0.899 bits per heavy atom. The number of fused-ring (bicyclic) bond motifs is 1. The second-order valence-corrected chi connectivity index (χ2v) is 49.8. The SMILES string of the molecule is CC(=O)C[C@H]1CN(S(=O)(=O)c2ccc(C)cc2)C(Cc2cccc(C)c2)CN1C.CCCCN1CCN(S(=O)(=O)c2ccc(C)cc2)CC1CC(=O)CCc1ccccc1.CCCCN1CCN(S(=O)(=O)c2ccc(C)cc2)CC1CC(=O)c1ccco1.CCCCN1C[C@H](C)CC[C@@H]1CS(=O)(=O)c1ccccc1.CCOC(=O)CC1CCCC2CCCN21.Cc1cccc(COC(=O)C[C@H]2CC[C@@H](c3ccccc3)CN2C)c1. The molecule has 149 heavy (non-hydrogen) atoms. The smallest absolute Gasteiger partial charge is 0.307 e. The third-order valence-corrected chi connectivity index (χ3v) is 37.6. The van der Waals surface area contributed by atoms with E-state index in [1.807, 2.05) is 158 Å². The minimum atomic E-state index is -3.65. The van der Waals surface area contributed by atoms with Crippen LogP contribution in [0.15, 0.2) is 255 Å². The number of ketones is 3. The Kier molecular flexibility index (Phi) is 47.9. The summed E-state index contributed by atoms with van der Waals surface area (Å²) in [5.74, 6) is 1.89. The van der Waals surface area contributed by atoms with Crippen LogP contribution in [0.2, 0.25) is 0 Å². The van der Waals surface area contributed by atoms with E-state index in [0.29, 0.717) is 147 Å². The van der Waals surface area contributed by atoms with Crippen molar-refractivity contribution in [2.24, 2.45) is 5.92 Å². The molecule has 7 fully saturated rings. The first kappa shape index (κ1) is 120. The van der Waals surface area contributed by atoms with Crippen LogP contribution in [-0.4, -0.2) is 272 Å². The summed E-state index contributed by atoms with van der Waals surface area (Å²) < 4.78 is 125. The molecule has 0 bridgehead atoms. The summed E-state index contributed by atoms with van der Waals surface area (Å²) in [6.45, 7) is 32.8. The average Bonchev–Trinajstić information content (AvgIpc) is 0.861. The van der Waals surface area contributed by atoms with Crippen molar-refractivity contribution in [3.05, 3.63) is 287 Å². The molecule has 0 saturated carbocycles. The van der Waals surface area contributed by atoms with Crippen molar-refractivity contribution in [2.75, 3.05) is 118 Å². The molecule has 8 aromatic carbocycles. The number of hydrogen-bond acceptors (Lipinski definition) is 22. The Morgan fingerprint density at radius 1 is 0.396 bits per heavy atom. The van der Waals surface area contributed by atoms with Gasteiger partial charge in [-0.25, -0.2) is 33.7 Å². The van der Waals surface area contributed by atoms with Gasteiger partial charge in [-0.15, -0.1) is 0 Å². The molecule has 812 valence electrons. The molecular weight excluding hydrogens is 1950 g/mol. The van der Waals surface area contributed by atoms with Gasteiger partial charge in [0.1, 0.15) is 18.2 Å². The zero-order valence-corrected chi connectivity index (χ0v) is 94.0. The summed E-state index contributed by atoms with van der Waals surface area (Å²) in [5, 5.41) is 0. The number of esters is 2. The van der Waals surface area contributed by atoms with Crippen LogP contribution in [0.25, 0.3) is 0 Å². The van der Waals surface area contributed by atoms with Gasteiger partial charge < -0.3 is 23.7 Å². The number of benzene rings is 8. The van der Waals surface area contributed by atoms with Crippen LogP contribution in [0.3, 0.4) is 0 Å². The highest BCUT2D eigenvalue weighted by Gasteiger charge is 2.43. The molecule has 1 aromatic heterocycles. The lowest BCUT2D eigenvalue weighted by Crippen LogP contribution is -2.59. The summed E-state index contributed by atoms with van der Waals surface area (Å²) >= 11 is 0. The molecule has 5 unspecified atom stereocenters. The number of furan rings is 1. The Morgan fingerprint density at radius 3 is 1.44 bits per heavy atom. The summed E-state index contributed by atoms with van der Waals surface area (Å²) in [7, 11) is -9.86. The van der Waals surface area contributed by atoms with Crippen molar-refractivity contribution in [1.29, 1.82) is 0 Å². The highest BCUT2D eigenvalue weighted by atomic mass is 32.2. The van der Waals surface area contributed by atoms with Gasteiger partial charge in [-0.1, -0.05) is 245 Å². The number of likely N-dealkylation sites (tertiary alicyclic amines) is 2. The number of aryl methyl sites for hydroxylation is 6. The molecule has 9 aromatic rings. The Hall–Kier alpha value is -9.57. The number of sulfonamides is 3. The van der Waals surface area contributed by atoms with Gasteiger partial charge in [-0.3, -0.25) is 43.6 Å². The molecule has 0 radical (unpaired) electrons. The Balaban J connectivity index is 0.000000172. The van der Waals surface area contributed by atoms with Crippen molar-refractivity contribution in [3.8, 4) is 0 Å². The first-order valence-electron chi connectivity index (χ1n) is 54.4. The average molecular weight is 2120 g/mol. The molecule has 7 saturated heterocycles. The Bertz CT molecular complexity index is 6090. The monoisotopic (exact) mass is 2120 g/mol. The van der Waals surface area contributed by atoms with Crippen LogP contribution in [0.1, 0.15) is 243 Å². The standard InChI is InChI=1S/C25H34N2O3S.C23H30N2O3S.C22H27NO2.C21H28N2O4S.C17H27NO2S.C12H21NO2/c1-3-4-16-26-17-18-27(31(29,30)25-14-10-21(2)11-15-25)20-23(26)19-24(28)13-12-22-8-6-5-7-9-22;1-17-8-10-23(11-9-17)29(27,28)25-16-21(13-19(3)26)24(4)15-22(25)14-20-7-5-6-18(2)12-20;1-17-7-6-8-18(13-17)16-25-22(24)14-21-12-11-20(15-23(21)2)19-9-4-3-5-10-19;1-3-4-11-22-12-13-23(28(25,26)19-9-7-17(2)8-10-19)16-18(22)15-20(24)21-6-5-14-27-21;1-3-4-12-18-13-15(2)10-11-16(18)14-21(19,20)17-8-6-5-7-9-17;1-2-15-12(14)9-11-6-3-5-10-7-4-8-13(10)11/h5-11,14-15,23H,3-4,12-13,16-20H2,1-2H3;5-12,21-22H,13-16H2,1-4H3;3-10,13,20-21H,11-12,14-16H2,1-2H3;5-10,14,18H,3-4,11-13,15-16H2,1-2H3;5-9,15-16H,3-4,10-14H2,1-2H3;10-11H,2-9H2,1H3/t;21-,22?;20-,21-;;15-,16-;/m.01.1./s1. The van der Waals surface area contributed by atoms with Crippen LogP contribution >= 0.6 is 0 Å². The quantitative estimate of drug-likeness (QED) is 0.0257. The number of nitrogens with zero attached hydrogens (tertiary/aromatic N) is 9. The first-order chi connectivity index (χ1) is 71.4. The van der Waals surface area contributed by atoms with Crippen LogP contribution in [0, 0.1) is 40.5 Å². The van der Waals surface area contributed by atoms with Crippen LogP contribution in [-0.2, 0) is 88.0 Å². The molecule has 7 aliphatic heterocycles. The van der Waals surface area contributed by atoms with Gasteiger partial charge in [0.25, 0.3) is 0 Å². The number of ether oxygens (including phenoxy) is 2. The fraction of sp³-hybridized carbons (Fsp3) is 0.525. The summed E-state index contributed by atoms with van der Waals surface area (Å²) in [6, 6.07) is 71.3. The second-order valence-electron chi connectivity index (χ2n) is 42.0. The molecule has 7 aliphatic rings. The van der Waals surface area contributed by atoms with Gasteiger partial charge >= 0.3 is 11.9 Å². The molecule has 16 rings (SSSR count). The largest absolute Gasteiger partial charge is 0.466 e. The molecule has 29 heteroatoms. The zero-order chi connectivity index (χ0) is 107. The molecule has 0 N–H and O–H groups in total. The first-order valence-corrected chi connectivity index (χ1v) is 60.4. The van der Waals surface area contributed by atoms with Gasteiger partial charge in [0.05, 0.1) is 51.0 Å². The van der Waals surface area contributed by atoms with Gasteiger partial charge in [0.2, 0.25) is 30.1 Å². The van der Waals surface area contributed by atoms with Crippen molar-refractivity contribution in [3.63, 3.8) is 0 Å². The summed E-state index contributed by atoms with van der Waals surface area (Å²) in [4.78, 5) is 76.1. The van der Waals surface area contributed by atoms with Crippen LogP contribution in [0.4, 0.5) is 0 Å². The number of piperazine rings is 3. The molecule has 25 nitrogen and oxygen atoms in total. The number of Topliss-reactive ketones (excluding diaryl/α,β-unsaturated/α-hetero) is 3. The minimum Gasteiger partial charge on any atom is -0.466 e. The predicted octanol–water partition coefficient (Wildman–Crippen LogP) is 20.2. The van der Waals surface area contributed by atoms with E-state index in [4.69, 9.17) is 13.9 Å². The zero-order valence-electron chi connectivity index (χ0n) is 90.7. The molecule has 0 amide bonds. The predicted molar refractivity (Wildman–Crippen MR) is 594 cm³/mol. The van der Waals surface area contributed by atoms with Gasteiger partial charge in [0, 0.05) is 139 Å². The molecule has 0 aliphatic carbocycles. The maximum absolute atomic E-state index is 13.5. The fourth-order valence-electron chi connectivity index (χ4n) is 21.5. The number of piperidine rings is 3. The molecular formula is C120H167N9O16S4. The number of carbonyl (C=O) groups excluding carboxylic acids is 5. The second kappa shape index (κ2) is 59.6. The summed E-state index contributed by atoms with van der Waals surface area (Å²) in [6.07, 6.45) is 22.7. The summed E-state index contributed by atoms with van der Waals surface area (Å²) in [5.41, 5.74) is 10.2. The van der Waals surface area contributed by atoms with Gasteiger partial charge in [0.15, 0.2) is 21.4 Å². The molecule has 10 atom stereocenters. The minimum absolute atomic E-state index is 0.0185. The number of likely N-dealkylation sites (N-methyl/N-ethyl adjacent to an activating group) is 2. The fourth-order valence-corrected chi connectivity index (χ4v) is 27.7. The van der Waals surface area contributed by atoms with Crippen LogP contribution < -0.4 is 0 Å². The normalized spacial score (nSPS) is 21.6. The van der Waals surface area contributed by atoms with E-state index in [2.05, 4.69) is 107 Å². The number of carbonyl (C=O) groups is 5. The Labute approximate surface area is 891 Å². The number of unbranched alkanes of at least 4 members (excludes halogenated alkanes) is 3. The third-order valence-electron chi connectivity index (χ3n) is 30.1. The molecule has 0 spiro atoms. The van der Waals surface area contributed by atoms with Crippen LogP contribution in [0.5, 0.6) is 0 Å². The van der Waals surface area contributed by atoms with Gasteiger partial charge in [-0.05, 0) is 267 Å². The van der Waals surface area contributed by atoms with Crippen molar-refractivity contribution in [2.45, 2.75) is 304 Å². The lowest BCUT2D eigenvalue weighted by Gasteiger charge is -2.44. The number of sulfone groups is 1. The highest BCUT2D eigenvalue weighted by Crippen LogP contribution is 2.36. The van der Waals surface area contributed by atoms with E-state index in [9.17, 15) is 57.6 Å². The van der Waals surface area contributed by atoms with E-state index in [1.54, 1.807) is 88.3 Å². The van der Waals surface area contributed by atoms with Gasteiger partial charge in [-0.2, -0.15) is 12.9 Å². The molecule has 8 heterocycles. The van der Waals surface area contributed by atoms with E-state index in [0.717, 1.165) is 148 Å². The van der Waals surface area contributed by atoms with Crippen molar-refractivity contribution < 1.29 is 71.5 Å². The van der Waals surface area contributed by atoms with E-state index >= 15 is 0 Å². The van der Waals surface area contributed by atoms with Crippen molar-refractivity contribution in [1.82, 2.24) is 42.3 Å². The highest BCUT2D eigenvalue weighted by molar-refractivity contribution is 7.91. The van der Waals surface area contributed by atoms with E-state index in [1.165, 1.54) is 60.3 Å². The lowest BCUT2D eigenvalue weighted by atomic mass is 9.87. The number of rotatable bonds is 38. The van der Waals surface area contributed by atoms with Crippen molar-refractivity contribution >= 4 is 69.2 Å². The van der Waals surface area contributed by atoms with E-state index in [-0.39, 0.29) is 77.7 Å². The topological polar surface area (TPSA) is 283 Å². The maximum atomic E-state index is 13.5. The third kappa shape index (κ3) is 37.1. The van der Waals surface area contributed by atoms with E-state index < -0.39 is 39.9 Å². The lowest BCUT2D eigenvalue weighted by molar-refractivity contribution is -0.147.